The molecule has 3 rings (SSSR count). The maximum atomic E-state index is 13.1. The summed E-state index contributed by atoms with van der Waals surface area (Å²) in [6, 6.07) is 3.67. The standard InChI is InChI=1S/C17H16F3N3O3/c1-9-4-10(17(18,19)20)5-13(26-8-24-2)15(9)12-6-11-14(25-3)7-21-16(11)23-22-12/h4-7H,8H2,1-3H3,(H,21,23). The van der Waals surface area contributed by atoms with E-state index in [4.69, 9.17) is 14.2 Å². The summed E-state index contributed by atoms with van der Waals surface area (Å²) in [5, 5.41) is 8.83. The number of ether oxygens (including phenoxy) is 3. The molecule has 9 heteroatoms. The van der Waals surface area contributed by atoms with Crippen molar-refractivity contribution >= 4 is 11.0 Å². The molecular formula is C17H16F3N3O3. The first kappa shape index (κ1) is 18.0. The van der Waals surface area contributed by atoms with Gasteiger partial charge in [-0.2, -0.15) is 13.2 Å². The maximum absolute atomic E-state index is 13.1. The molecule has 0 atom stereocenters. The molecule has 1 aromatic carbocycles. The molecule has 2 heterocycles. The maximum Gasteiger partial charge on any atom is 0.416 e. The molecule has 0 saturated carbocycles. The average Bonchev–Trinajstić information content (AvgIpc) is 3.00. The minimum Gasteiger partial charge on any atom is -0.494 e. The smallest absolute Gasteiger partial charge is 0.416 e. The normalized spacial score (nSPS) is 11.8. The van der Waals surface area contributed by atoms with Crippen LogP contribution in [0.5, 0.6) is 11.5 Å². The van der Waals surface area contributed by atoms with Gasteiger partial charge >= 0.3 is 6.18 Å². The molecule has 6 nitrogen and oxygen atoms in total. The Labute approximate surface area is 146 Å². The van der Waals surface area contributed by atoms with Crippen LogP contribution in [0, 0.1) is 6.92 Å². The number of H-pyrrole nitrogens is 1. The number of fused-ring (bicyclic) bond motifs is 1. The van der Waals surface area contributed by atoms with E-state index in [-0.39, 0.29) is 12.5 Å². The lowest BCUT2D eigenvalue weighted by atomic mass is 10.00. The highest BCUT2D eigenvalue weighted by atomic mass is 19.4. The van der Waals surface area contributed by atoms with Gasteiger partial charge in [-0.1, -0.05) is 0 Å². The molecule has 0 fully saturated rings. The number of halogens is 3. The molecule has 0 unspecified atom stereocenters. The van der Waals surface area contributed by atoms with Gasteiger partial charge in [-0.25, -0.2) is 0 Å². The molecule has 3 aromatic rings. The Kier molecular flexibility index (Phi) is 4.73. The van der Waals surface area contributed by atoms with Gasteiger partial charge in [-0.15, -0.1) is 10.2 Å². The lowest BCUT2D eigenvalue weighted by Crippen LogP contribution is -2.09. The molecule has 0 bridgehead atoms. The fourth-order valence-corrected chi connectivity index (χ4v) is 2.67. The van der Waals surface area contributed by atoms with Gasteiger partial charge in [0, 0.05) is 18.9 Å². The van der Waals surface area contributed by atoms with E-state index in [1.165, 1.54) is 14.2 Å². The number of nitrogens with zero attached hydrogens (tertiary/aromatic N) is 2. The van der Waals surface area contributed by atoms with Crippen molar-refractivity contribution in [3.8, 4) is 22.8 Å². The number of alkyl halides is 3. The molecule has 0 aliphatic carbocycles. The highest BCUT2D eigenvalue weighted by Crippen LogP contribution is 2.40. The zero-order chi connectivity index (χ0) is 18.9. The van der Waals surface area contributed by atoms with Gasteiger partial charge in [-0.3, -0.25) is 0 Å². The number of hydrogen-bond donors (Lipinski definition) is 1. The van der Waals surface area contributed by atoms with Crippen LogP contribution in [0.1, 0.15) is 11.1 Å². The number of benzene rings is 1. The van der Waals surface area contributed by atoms with E-state index in [9.17, 15) is 13.2 Å². The molecule has 0 saturated heterocycles. The molecule has 0 spiro atoms. The van der Waals surface area contributed by atoms with Gasteiger partial charge in [-0.05, 0) is 30.7 Å². The van der Waals surface area contributed by atoms with Gasteiger partial charge in [0.1, 0.15) is 11.5 Å². The van der Waals surface area contributed by atoms with E-state index >= 15 is 0 Å². The van der Waals surface area contributed by atoms with Gasteiger partial charge in [0.15, 0.2) is 12.4 Å². The van der Waals surface area contributed by atoms with Crippen molar-refractivity contribution in [1.82, 2.24) is 15.2 Å². The van der Waals surface area contributed by atoms with Crippen molar-refractivity contribution in [3.63, 3.8) is 0 Å². The van der Waals surface area contributed by atoms with Crippen molar-refractivity contribution in [2.45, 2.75) is 13.1 Å². The van der Waals surface area contributed by atoms with Crippen molar-refractivity contribution in [3.05, 3.63) is 35.5 Å². The fourth-order valence-electron chi connectivity index (χ4n) is 2.67. The second kappa shape index (κ2) is 6.83. The van der Waals surface area contributed by atoms with Gasteiger partial charge < -0.3 is 19.2 Å². The number of methoxy groups -OCH3 is 2. The lowest BCUT2D eigenvalue weighted by molar-refractivity contribution is -0.137. The predicted molar refractivity (Wildman–Crippen MR) is 88.1 cm³/mol. The number of hydrogen-bond acceptors (Lipinski definition) is 5. The average molecular weight is 367 g/mol. The quantitative estimate of drug-likeness (QED) is 0.692. The predicted octanol–water partition coefficient (Wildman–Crippen LogP) is 3.94. The summed E-state index contributed by atoms with van der Waals surface area (Å²) in [6.45, 7) is 1.36. The summed E-state index contributed by atoms with van der Waals surface area (Å²) in [5.41, 5.74) is 0.835. The van der Waals surface area contributed by atoms with Crippen molar-refractivity contribution < 1.29 is 27.4 Å². The summed E-state index contributed by atoms with van der Waals surface area (Å²) in [4.78, 5) is 2.91. The third-order valence-corrected chi connectivity index (χ3v) is 3.83. The Morgan fingerprint density at radius 1 is 1.08 bits per heavy atom. The molecule has 138 valence electrons. The minimum atomic E-state index is -4.49. The zero-order valence-corrected chi connectivity index (χ0v) is 14.3. The van der Waals surface area contributed by atoms with Crippen LogP contribution >= 0.6 is 0 Å². The third kappa shape index (κ3) is 3.30. The molecule has 0 radical (unpaired) electrons. The molecule has 1 N–H and O–H groups in total. The number of rotatable bonds is 5. The van der Waals surface area contributed by atoms with Crippen LogP contribution in [0.3, 0.4) is 0 Å². The number of nitrogens with one attached hydrogen (secondary N) is 1. The second-order valence-electron chi connectivity index (χ2n) is 5.56. The molecule has 2 aromatic heterocycles. The molecule has 0 aliphatic heterocycles. The van der Waals surface area contributed by atoms with E-state index < -0.39 is 11.7 Å². The van der Waals surface area contributed by atoms with Crippen LogP contribution in [0.15, 0.2) is 24.4 Å². The summed E-state index contributed by atoms with van der Waals surface area (Å²) in [6.07, 6.45) is -2.86. The highest BCUT2D eigenvalue weighted by Gasteiger charge is 2.32. The van der Waals surface area contributed by atoms with E-state index in [0.717, 1.165) is 12.1 Å². The van der Waals surface area contributed by atoms with Crippen molar-refractivity contribution in [2.75, 3.05) is 21.0 Å². The Balaban J connectivity index is 2.19. The number of aryl methyl sites for hydroxylation is 1. The monoisotopic (exact) mass is 367 g/mol. The van der Waals surface area contributed by atoms with E-state index in [0.29, 0.717) is 33.6 Å². The Hall–Kier alpha value is -2.81. The molecule has 0 amide bonds. The zero-order valence-electron chi connectivity index (χ0n) is 14.3. The summed E-state index contributed by atoms with van der Waals surface area (Å²) in [5.74, 6) is 0.572. The van der Waals surface area contributed by atoms with E-state index in [1.807, 2.05) is 0 Å². The Morgan fingerprint density at radius 2 is 1.85 bits per heavy atom. The SMILES string of the molecule is COCOc1cc(C(F)(F)F)cc(C)c1-c1cc2c(OC)c[nH]c2nn1. The van der Waals surface area contributed by atoms with Crippen LogP contribution in [-0.2, 0) is 10.9 Å². The summed E-state index contributed by atoms with van der Waals surface area (Å²) >= 11 is 0. The largest absolute Gasteiger partial charge is 0.494 e. The van der Waals surface area contributed by atoms with E-state index in [2.05, 4.69) is 15.2 Å². The number of aromatic nitrogens is 3. The van der Waals surface area contributed by atoms with Crippen LogP contribution < -0.4 is 9.47 Å². The van der Waals surface area contributed by atoms with E-state index in [1.54, 1.807) is 19.2 Å². The Bertz CT molecular complexity index is 938. The Morgan fingerprint density at radius 3 is 2.50 bits per heavy atom. The summed E-state index contributed by atoms with van der Waals surface area (Å²) < 4.78 is 54.9. The first-order valence-corrected chi connectivity index (χ1v) is 7.58. The lowest BCUT2D eigenvalue weighted by Gasteiger charge is -2.16. The van der Waals surface area contributed by atoms with Crippen LogP contribution in [0.2, 0.25) is 0 Å². The van der Waals surface area contributed by atoms with Gasteiger partial charge in [0.05, 0.1) is 23.8 Å². The third-order valence-electron chi connectivity index (χ3n) is 3.83. The highest BCUT2D eigenvalue weighted by molar-refractivity contribution is 5.87. The molecule has 26 heavy (non-hydrogen) atoms. The second-order valence-corrected chi connectivity index (χ2v) is 5.56. The van der Waals surface area contributed by atoms with Gasteiger partial charge in [0.2, 0.25) is 0 Å². The van der Waals surface area contributed by atoms with Crippen molar-refractivity contribution in [1.29, 1.82) is 0 Å². The fraction of sp³-hybridized carbons (Fsp3) is 0.294. The van der Waals surface area contributed by atoms with Crippen LogP contribution in [0.25, 0.3) is 22.3 Å². The number of aromatic amines is 1. The van der Waals surface area contributed by atoms with Crippen molar-refractivity contribution in [2.24, 2.45) is 0 Å². The van der Waals surface area contributed by atoms with Crippen LogP contribution in [-0.4, -0.2) is 36.2 Å². The molecule has 0 aliphatic rings. The topological polar surface area (TPSA) is 69.3 Å². The first-order chi connectivity index (χ1) is 12.3. The molecular weight excluding hydrogens is 351 g/mol. The first-order valence-electron chi connectivity index (χ1n) is 7.58. The summed E-state index contributed by atoms with van der Waals surface area (Å²) in [7, 11) is 2.90. The minimum absolute atomic E-state index is 0.0160. The van der Waals surface area contributed by atoms with Gasteiger partial charge in [0.25, 0.3) is 0 Å². The van der Waals surface area contributed by atoms with Crippen LogP contribution in [0.4, 0.5) is 13.2 Å².